The Morgan fingerprint density at radius 3 is 2.20 bits per heavy atom. The summed E-state index contributed by atoms with van der Waals surface area (Å²) in [5.41, 5.74) is 1.67. The zero-order valence-corrected chi connectivity index (χ0v) is 17.8. The summed E-state index contributed by atoms with van der Waals surface area (Å²) in [6.45, 7) is 2.39. The van der Waals surface area contributed by atoms with Crippen LogP contribution in [0.15, 0.2) is 72.8 Å². The van der Waals surface area contributed by atoms with Crippen LogP contribution >= 0.6 is 0 Å². The summed E-state index contributed by atoms with van der Waals surface area (Å²) in [5, 5.41) is 1.75. The van der Waals surface area contributed by atoms with Crippen LogP contribution in [0.5, 0.6) is 0 Å². The van der Waals surface area contributed by atoms with E-state index in [1.165, 1.54) is 4.31 Å². The van der Waals surface area contributed by atoms with E-state index in [1.54, 1.807) is 11.0 Å². The number of carbonyl (C=O) groups is 1. The average Bonchev–Trinajstić information content (AvgIpc) is 2.77. The van der Waals surface area contributed by atoms with Crippen LogP contribution in [0.1, 0.15) is 0 Å². The second-order valence-corrected chi connectivity index (χ2v) is 9.38. The molecule has 0 unspecified atom stereocenters. The van der Waals surface area contributed by atoms with Crippen LogP contribution in [0, 0.1) is 0 Å². The molecule has 1 saturated heterocycles. The number of benzene rings is 3. The smallest absolute Gasteiger partial charge is 0.243 e. The summed E-state index contributed by atoms with van der Waals surface area (Å²) in [7, 11) is -3.62. The molecule has 0 radical (unpaired) electrons. The van der Waals surface area contributed by atoms with Gasteiger partial charge in [0.15, 0.2) is 0 Å². The van der Waals surface area contributed by atoms with E-state index in [1.807, 2.05) is 54.6 Å². The maximum atomic E-state index is 13.0. The van der Waals surface area contributed by atoms with Crippen LogP contribution in [0.25, 0.3) is 10.8 Å². The maximum Gasteiger partial charge on any atom is 0.243 e. The lowest BCUT2D eigenvalue weighted by atomic mass is 10.1. The average molecular weight is 424 g/mol. The van der Waals surface area contributed by atoms with Gasteiger partial charge in [-0.2, -0.15) is 0 Å². The Hall–Kier alpha value is -3.06. The molecular weight excluding hydrogens is 398 g/mol. The lowest BCUT2D eigenvalue weighted by Gasteiger charge is -2.37. The molecule has 3 aromatic rings. The number of sulfonamides is 1. The number of fused-ring (bicyclic) bond motifs is 1. The van der Waals surface area contributed by atoms with Crippen molar-refractivity contribution in [2.75, 3.05) is 48.2 Å². The number of hydrogen-bond acceptors (Lipinski definition) is 4. The van der Waals surface area contributed by atoms with Gasteiger partial charge in [-0.1, -0.05) is 54.6 Å². The van der Waals surface area contributed by atoms with Crippen LogP contribution in [0.4, 0.5) is 11.4 Å². The maximum absolute atomic E-state index is 13.0. The van der Waals surface area contributed by atoms with Gasteiger partial charge in [0.1, 0.15) is 6.54 Å². The number of nitrogens with zero attached hydrogens (tertiary/aromatic N) is 3. The van der Waals surface area contributed by atoms with E-state index in [2.05, 4.69) is 17.0 Å². The molecule has 6 nitrogen and oxygen atoms in total. The minimum absolute atomic E-state index is 0.180. The minimum Gasteiger partial charge on any atom is -0.368 e. The Bertz CT molecular complexity index is 1140. The summed E-state index contributed by atoms with van der Waals surface area (Å²) >= 11 is 0. The van der Waals surface area contributed by atoms with E-state index >= 15 is 0 Å². The molecular formula is C23H25N3O3S. The largest absolute Gasteiger partial charge is 0.368 e. The molecule has 7 heteroatoms. The Labute approximate surface area is 177 Å². The van der Waals surface area contributed by atoms with Crippen LogP contribution in [-0.2, 0) is 14.8 Å². The number of carbonyl (C=O) groups excluding carboxylic acids is 1. The van der Waals surface area contributed by atoms with Crippen molar-refractivity contribution in [3.8, 4) is 0 Å². The fourth-order valence-electron chi connectivity index (χ4n) is 3.88. The molecule has 1 amide bonds. The number of amides is 1. The van der Waals surface area contributed by atoms with E-state index in [9.17, 15) is 13.2 Å². The third-order valence-electron chi connectivity index (χ3n) is 5.47. The van der Waals surface area contributed by atoms with Crippen molar-refractivity contribution in [1.82, 2.24) is 4.90 Å². The number of hydrogen-bond donors (Lipinski definition) is 0. The molecule has 1 fully saturated rings. The summed E-state index contributed by atoms with van der Waals surface area (Å²) in [6.07, 6.45) is 1.15. The van der Waals surface area contributed by atoms with E-state index in [0.29, 0.717) is 18.8 Å². The summed E-state index contributed by atoms with van der Waals surface area (Å²) in [6, 6.07) is 23.2. The van der Waals surface area contributed by atoms with E-state index in [0.717, 1.165) is 35.8 Å². The molecule has 1 heterocycles. The van der Waals surface area contributed by atoms with Crippen LogP contribution in [0.3, 0.4) is 0 Å². The van der Waals surface area contributed by atoms with Gasteiger partial charge >= 0.3 is 0 Å². The van der Waals surface area contributed by atoms with Crippen molar-refractivity contribution in [1.29, 1.82) is 0 Å². The molecule has 0 N–H and O–H groups in total. The summed E-state index contributed by atoms with van der Waals surface area (Å²) in [5.74, 6) is -0.180. The first-order chi connectivity index (χ1) is 14.4. The Kier molecular flexibility index (Phi) is 5.63. The van der Waals surface area contributed by atoms with E-state index in [4.69, 9.17) is 0 Å². The first-order valence-electron chi connectivity index (χ1n) is 9.97. The van der Waals surface area contributed by atoms with Gasteiger partial charge in [-0.3, -0.25) is 9.10 Å². The van der Waals surface area contributed by atoms with Crippen molar-refractivity contribution in [3.05, 3.63) is 72.8 Å². The summed E-state index contributed by atoms with van der Waals surface area (Å²) in [4.78, 5) is 17.0. The molecule has 0 atom stereocenters. The third-order valence-corrected chi connectivity index (χ3v) is 6.59. The SMILES string of the molecule is CS(=O)(=O)N(CC(=O)N1CCN(c2ccccc2)CC1)c1cccc2ccccc12. The highest BCUT2D eigenvalue weighted by atomic mass is 32.2. The van der Waals surface area contributed by atoms with Crippen molar-refractivity contribution < 1.29 is 13.2 Å². The molecule has 1 aliphatic heterocycles. The van der Waals surface area contributed by atoms with Gasteiger partial charge in [-0.25, -0.2) is 8.42 Å². The highest BCUT2D eigenvalue weighted by Gasteiger charge is 2.27. The van der Waals surface area contributed by atoms with Crippen LogP contribution < -0.4 is 9.21 Å². The van der Waals surface area contributed by atoms with Gasteiger partial charge in [0, 0.05) is 37.3 Å². The van der Waals surface area contributed by atoms with Crippen molar-refractivity contribution in [2.45, 2.75) is 0 Å². The molecule has 1 aliphatic rings. The Balaban J connectivity index is 1.51. The molecule has 156 valence electrons. The minimum atomic E-state index is -3.62. The van der Waals surface area contributed by atoms with E-state index in [-0.39, 0.29) is 12.5 Å². The van der Waals surface area contributed by atoms with Gasteiger partial charge in [0.25, 0.3) is 0 Å². The van der Waals surface area contributed by atoms with Gasteiger partial charge in [-0.05, 0) is 23.6 Å². The zero-order chi connectivity index (χ0) is 21.1. The third kappa shape index (κ3) is 4.26. The van der Waals surface area contributed by atoms with Gasteiger partial charge in [0.05, 0.1) is 11.9 Å². The number of rotatable bonds is 5. The fraction of sp³-hybridized carbons (Fsp3) is 0.261. The molecule has 4 rings (SSSR count). The molecule has 0 aromatic heterocycles. The Morgan fingerprint density at radius 2 is 1.50 bits per heavy atom. The fourth-order valence-corrected chi connectivity index (χ4v) is 4.74. The number of anilines is 2. The summed E-state index contributed by atoms with van der Waals surface area (Å²) < 4.78 is 26.4. The molecule has 3 aromatic carbocycles. The highest BCUT2D eigenvalue weighted by Crippen LogP contribution is 2.28. The predicted molar refractivity (Wildman–Crippen MR) is 121 cm³/mol. The first-order valence-corrected chi connectivity index (χ1v) is 11.8. The molecule has 0 saturated carbocycles. The number of para-hydroxylation sites is 1. The second kappa shape index (κ2) is 8.36. The lowest BCUT2D eigenvalue weighted by Crippen LogP contribution is -2.52. The van der Waals surface area contributed by atoms with Crippen molar-refractivity contribution >= 4 is 38.1 Å². The molecule has 0 aliphatic carbocycles. The van der Waals surface area contributed by atoms with Crippen molar-refractivity contribution in [2.24, 2.45) is 0 Å². The highest BCUT2D eigenvalue weighted by molar-refractivity contribution is 7.92. The van der Waals surface area contributed by atoms with Crippen LogP contribution in [0.2, 0.25) is 0 Å². The topological polar surface area (TPSA) is 60.9 Å². The lowest BCUT2D eigenvalue weighted by molar-refractivity contribution is -0.129. The second-order valence-electron chi connectivity index (χ2n) is 7.47. The predicted octanol–water partition coefficient (Wildman–Crippen LogP) is 2.95. The molecule has 0 bridgehead atoms. The van der Waals surface area contributed by atoms with Crippen LogP contribution in [-0.4, -0.2) is 58.2 Å². The zero-order valence-electron chi connectivity index (χ0n) is 16.9. The Morgan fingerprint density at radius 1 is 0.867 bits per heavy atom. The molecule has 0 spiro atoms. The van der Waals surface area contributed by atoms with Gasteiger partial charge in [0.2, 0.25) is 15.9 Å². The van der Waals surface area contributed by atoms with Gasteiger partial charge < -0.3 is 9.80 Å². The number of piperazine rings is 1. The molecule has 30 heavy (non-hydrogen) atoms. The quantitative estimate of drug-likeness (QED) is 0.633. The monoisotopic (exact) mass is 423 g/mol. The standard InChI is InChI=1S/C23H25N3O3S/c1-30(28,29)26(22-13-7-9-19-8-5-6-12-21(19)22)18-23(27)25-16-14-24(15-17-25)20-10-3-2-4-11-20/h2-13H,14-18H2,1H3. The van der Waals surface area contributed by atoms with Crippen molar-refractivity contribution in [3.63, 3.8) is 0 Å². The van der Waals surface area contributed by atoms with Gasteiger partial charge in [-0.15, -0.1) is 0 Å². The van der Waals surface area contributed by atoms with E-state index < -0.39 is 10.0 Å². The first kappa shape index (κ1) is 20.2. The normalized spacial score (nSPS) is 14.7.